The van der Waals surface area contributed by atoms with Crippen molar-refractivity contribution < 1.29 is 13.2 Å². The average Bonchev–Trinajstić information content (AvgIpc) is 2.17. The first kappa shape index (κ1) is 11.6. The molecule has 0 atom stereocenters. The molecule has 0 aliphatic rings. The van der Waals surface area contributed by atoms with Gasteiger partial charge in [-0.25, -0.2) is 0 Å². The molecule has 1 aromatic carbocycles. The van der Waals surface area contributed by atoms with E-state index < -0.39 is 11.7 Å². The fraction of sp³-hybridized carbons (Fsp3) is 0.300. The molecule has 0 heterocycles. The number of anilines is 1. The van der Waals surface area contributed by atoms with Gasteiger partial charge in [0.15, 0.2) is 0 Å². The van der Waals surface area contributed by atoms with Crippen LogP contribution in [-0.4, -0.2) is 20.4 Å². The lowest BCUT2D eigenvalue weighted by atomic mass is 10.2. The van der Waals surface area contributed by atoms with Crippen molar-refractivity contribution in [1.29, 1.82) is 0 Å². The Bertz CT molecular complexity index is 358. The zero-order valence-corrected chi connectivity index (χ0v) is 8.42. The Morgan fingerprint density at radius 2 is 2.00 bits per heavy atom. The summed E-state index contributed by atoms with van der Waals surface area (Å²) in [6.45, 7) is 0. The molecule has 0 spiro atoms. The van der Waals surface area contributed by atoms with Gasteiger partial charge < -0.3 is 4.90 Å². The highest BCUT2D eigenvalue weighted by Gasteiger charge is 2.30. The predicted molar refractivity (Wildman–Crippen MR) is 54.3 cm³/mol. The van der Waals surface area contributed by atoms with E-state index in [0.717, 1.165) is 12.1 Å². The van der Waals surface area contributed by atoms with Crippen LogP contribution in [0.5, 0.6) is 0 Å². The Morgan fingerprint density at radius 1 is 1.33 bits per heavy atom. The molecular weight excluding hydrogens is 205 g/mol. The van der Waals surface area contributed by atoms with Crippen molar-refractivity contribution in [2.45, 2.75) is 6.18 Å². The van der Waals surface area contributed by atoms with Gasteiger partial charge in [0, 0.05) is 19.8 Å². The topological polar surface area (TPSA) is 15.6 Å². The summed E-state index contributed by atoms with van der Waals surface area (Å²) in [4.78, 5) is 5.25. The molecule has 0 amide bonds. The largest absolute Gasteiger partial charge is 0.416 e. The Balaban J connectivity index is 3.03. The van der Waals surface area contributed by atoms with E-state index in [1.54, 1.807) is 20.2 Å². The van der Waals surface area contributed by atoms with Crippen molar-refractivity contribution in [2.24, 2.45) is 4.99 Å². The molecule has 0 aliphatic carbocycles. The molecule has 2 nitrogen and oxygen atoms in total. The second-order valence-corrected chi connectivity index (χ2v) is 3.03. The molecule has 0 aromatic heterocycles. The number of rotatable bonds is 2. The van der Waals surface area contributed by atoms with Crippen molar-refractivity contribution in [3.05, 3.63) is 29.8 Å². The number of benzene rings is 1. The summed E-state index contributed by atoms with van der Waals surface area (Å²) in [7, 11) is 3.20. The van der Waals surface area contributed by atoms with Gasteiger partial charge >= 0.3 is 6.18 Å². The number of hydrogen-bond donors (Lipinski definition) is 0. The summed E-state index contributed by atoms with van der Waals surface area (Å²) in [5.74, 6) is 0. The highest BCUT2D eigenvalue weighted by atomic mass is 19.4. The van der Waals surface area contributed by atoms with Gasteiger partial charge in [0.05, 0.1) is 11.9 Å². The van der Waals surface area contributed by atoms with Crippen LogP contribution >= 0.6 is 0 Å². The normalized spacial score (nSPS) is 12.1. The van der Waals surface area contributed by atoms with Crippen LogP contribution in [0.3, 0.4) is 0 Å². The molecule has 0 radical (unpaired) electrons. The maximum Gasteiger partial charge on any atom is 0.416 e. The summed E-state index contributed by atoms with van der Waals surface area (Å²) in [6, 6.07) is 5.09. The van der Waals surface area contributed by atoms with Crippen LogP contribution in [0.15, 0.2) is 29.3 Å². The van der Waals surface area contributed by atoms with Gasteiger partial charge in [0.2, 0.25) is 0 Å². The van der Waals surface area contributed by atoms with E-state index in [1.165, 1.54) is 17.3 Å². The quantitative estimate of drug-likeness (QED) is 0.548. The standard InChI is InChI=1S/C10H11F3N2/c1-14-7-15(2)9-5-3-4-8(6-9)10(11,12)13/h3-7H,1-2H3. The van der Waals surface area contributed by atoms with E-state index in [1.807, 2.05) is 0 Å². The third-order valence-electron chi connectivity index (χ3n) is 1.87. The first-order valence-corrected chi connectivity index (χ1v) is 4.27. The van der Waals surface area contributed by atoms with E-state index in [2.05, 4.69) is 4.99 Å². The molecule has 0 N–H and O–H groups in total. The van der Waals surface area contributed by atoms with Crippen LogP contribution in [0.25, 0.3) is 0 Å². The van der Waals surface area contributed by atoms with Crippen molar-refractivity contribution in [3.8, 4) is 0 Å². The Morgan fingerprint density at radius 3 is 2.53 bits per heavy atom. The maximum absolute atomic E-state index is 12.4. The van der Waals surface area contributed by atoms with Crippen LogP contribution in [-0.2, 0) is 6.18 Å². The van der Waals surface area contributed by atoms with E-state index in [-0.39, 0.29) is 0 Å². The highest BCUT2D eigenvalue weighted by molar-refractivity contribution is 5.78. The van der Waals surface area contributed by atoms with Crippen LogP contribution in [0.4, 0.5) is 18.9 Å². The SMILES string of the molecule is CN=CN(C)c1cccc(C(F)(F)F)c1. The first-order chi connectivity index (χ1) is 6.95. The monoisotopic (exact) mass is 216 g/mol. The third-order valence-corrected chi connectivity index (χ3v) is 1.87. The number of alkyl halides is 3. The van der Waals surface area contributed by atoms with Gasteiger partial charge in [-0.3, -0.25) is 4.99 Å². The van der Waals surface area contributed by atoms with Crippen LogP contribution in [0.1, 0.15) is 5.56 Å². The summed E-state index contributed by atoms with van der Waals surface area (Å²) in [5, 5.41) is 0. The lowest BCUT2D eigenvalue weighted by Gasteiger charge is -2.15. The zero-order valence-electron chi connectivity index (χ0n) is 8.42. The minimum atomic E-state index is -4.31. The Kier molecular flexibility index (Phi) is 3.34. The predicted octanol–water partition coefficient (Wildman–Crippen LogP) is 2.80. The van der Waals surface area contributed by atoms with Crippen molar-refractivity contribution in [3.63, 3.8) is 0 Å². The molecule has 5 heteroatoms. The smallest absolute Gasteiger partial charge is 0.336 e. The van der Waals surface area contributed by atoms with Gasteiger partial charge in [0.1, 0.15) is 0 Å². The highest BCUT2D eigenvalue weighted by Crippen LogP contribution is 2.31. The van der Waals surface area contributed by atoms with Crippen LogP contribution < -0.4 is 4.90 Å². The molecule has 1 aromatic rings. The van der Waals surface area contributed by atoms with Gasteiger partial charge in [-0.1, -0.05) is 6.07 Å². The molecule has 0 unspecified atom stereocenters. The van der Waals surface area contributed by atoms with E-state index in [0.29, 0.717) is 5.69 Å². The maximum atomic E-state index is 12.4. The fourth-order valence-electron chi connectivity index (χ4n) is 1.14. The fourth-order valence-corrected chi connectivity index (χ4v) is 1.14. The van der Waals surface area contributed by atoms with Crippen molar-refractivity contribution >= 4 is 12.0 Å². The zero-order chi connectivity index (χ0) is 11.5. The number of aliphatic imine (C=N–C) groups is 1. The Hall–Kier alpha value is -1.52. The average molecular weight is 216 g/mol. The van der Waals surface area contributed by atoms with E-state index in [9.17, 15) is 13.2 Å². The molecule has 0 bridgehead atoms. The minimum Gasteiger partial charge on any atom is -0.336 e. The summed E-state index contributed by atoms with van der Waals surface area (Å²) in [6.07, 6.45) is -2.85. The number of nitrogens with zero attached hydrogens (tertiary/aromatic N) is 2. The van der Waals surface area contributed by atoms with Crippen molar-refractivity contribution in [2.75, 3.05) is 19.0 Å². The second kappa shape index (κ2) is 4.33. The molecule has 1 rings (SSSR count). The lowest BCUT2D eigenvalue weighted by Crippen LogP contribution is -2.15. The van der Waals surface area contributed by atoms with E-state index >= 15 is 0 Å². The van der Waals surface area contributed by atoms with Gasteiger partial charge in [-0.2, -0.15) is 13.2 Å². The summed E-state index contributed by atoms with van der Waals surface area (Å²) < 4.78 is 37.1. The lowest BCUT2D eigenvalue weighted by molar-refractivity contribution is -0.137. The Labute approximate surface area is 86.0 Å². The first-order valence-electron chi connectivity index (χ1n) is 4.27. The van der Waals surface area contributed by atoms with E-state index in [4.69, 9.17) is 0 Å². The van der Waals surface area contributed by atoms with Crippen molar-refractivity contribution in [1.82, 2.24) is 0 Å². The second-order valence-electron chi connectivity index (χ2n) is 3.03. The van der Waals surface area contributed by atoms with Crippen LogP contribution in [0.2, 0.25) is 0 Å². The minimum absolute atomic E-state index is 0.454. The molecule has 0 saturated carbocycles. The number of halogens is 3. The molecule has 0 fully saturated rings. The molecule has 0 aliphatic heterocycles. The van der Waals surface area contributed by atoms with Gasteiger partial charge in [-0.15, -0.1) is 0 Å². The molecule has 0 saturated heterocycles. The van der Waals surface area contributed by atoms with Gasteiger partial charge in [-0.05, 0) is 18.2 Å². The summed E-state index contributed by atoms with van der Waals surface area (Å²) >= 11 is 0. The molecular formula is C10H11F3N2. The van der Waals surface area contributed by atoms with Crippen LogP contribution in [0, 0.1) is 0 Å². The van der Waals surface area contributed by atoms with Gasteiger partial charge in [0.25, 0.3) is 0 Å². The summed E-state index contributed by atoms with van der Waals surface area (Å²) in [5.41, 5.74) is -0.202. The number of hydrogen-bond acceptors (Lipinski definition) is 1. The third kappa shape index (κ3) is 2.97. The molecule has 15 heavy (non-hydrogen) atoms. The molecule has 82 valence electrons.